The lowest BCUT2D eigenvalue weighted by Gasteiger charge is -2.12. The highest BCUT2D eigenvalue weighted by molar-refractivity contribution is 6.12. The van der Waals surface area contributed by atoms with Gasteiger partial charge in [-0.3, -0.25) is 0 Å². The minimum atomic E-state index is -0.562. The van der Waals surface area contributed by atoms with Gasteiger partial charge in [0.15, 0.2) is 17.2 Å². The number of aliphatic imine (C=N–C) groups is 1. The van der Waals surface area contributed by atoms with Crippen LogP contribution in [0.25, 0.3) is 6.08 Å². The Morgan fingerprint density at radius 3 is 2.56 bits per heavy atom. The molecule has 2 aromatic rings. The number of benzene rings is 2. The zero-order chi connectivity index (χ0) is 19.4. The van der Waals surface area contributed by atoms with Crippen molar-refractivity contribution in [2.75, 3.05) is 13.7 Å². The molecule has 0 atom stereocenters. The van der Waals surface area contributed by atoms with E-state index in [0.29, 0.717) is 29.6 Å². The fourth-order valence-corrected chi connectivity index (χ4v) is 2.43. The third-order valence-electron chi connectivity index (χ3n) is 3.77. The first-order valence-electron chi connectivity index (χ1n) is 8.55. The van der Waals surface area contributed by atoms with Crippen LogP contribution in [0, 0.1) is 11.7 Å². The maximum atomic E-state index is 13.0. The Morgan fingerprint density at radius 2 is 1.89 bits per heavy atom. The van der Waals surface area contributed by atoms with Gasteiger partial charge in [0.2, 0.25) is 5.90 Å². The summed E-state index contributed by atoms with van der Waals surface area (Å²) >= 11 is 0. The van der Waals surface area contributed by atoms with Gasteiger partial charge in [-0.15, -0.1) is 0 Å². The van der Waals surface area contributed by atoms with Gasteiger partial charge in [-0.1, -0.05) is 19.9 Å². The van der Waals surface area contributed by atoms with Crippen LogP contribution >= 0.6 is 0 Å². The van der Waals surface area contributed by atoms with Gasteiger partial charge < -0.3 is 14.2 Å². The van der Waals surface area contributed by atoms with E-state index in [2.05, 4.69) is 18.8 Å². The molecule has 1 aliphatic heterocycles. The van der Waals surface area contributed by atoms with Gasteiger partial charge in [0, 0.05) is 5.56 Å². The number of halogens is 1. The lowest BCUT2D eigenvalue weighted by molar-refractivity contribution is -0.129. The molecule has 0 saturated heterocycles. The number of methoxy groups -OCH3 is 1. The first-order chi connectivity index (χ1) is 13.0. The summed E-state index contributed by atoms with van der Waals surface area (Å²) in [7, 11) is 1.56. The highest BCUT2D eigenvalue weighted by atomic mass is 19.1. The largest absolute Gasteiger partial charge is 0.493 e. The topological polar surface area (TPSA) is 57.1 Å². The van der Waals surface area contributed by atoms with E-state index in [-0.39, 0.29) is 17.4 Å². The van der Waals surface area contributed by atoms with Gasteiger partial charge in [0.1, 0.15) is 5.82 Å². The molecule has 2 aromatic carbocycles. The average molecular weight is 369 g/mol. The summed E-state index contributed by atoms with van der Waals surface area (Å²) in [6, 6.07) is 11.0. The number of ether oxygens (including phenoxy) is 3. The standard InChI is InChI=1S/C21H20FNO4/c1-13(2)12-26-18-9-4-14(11-19(18)25-3)10-17-21(24)27-20(23-17)15-5-7-16(22)8-6-15/h4-11,13H,12H2,1-3H3/b17-10-. The molecule has 0 fully saturated rings. The summed E-state index contributed by atoms with van der Waals surface area (Å²) in [4.78, 5) is 16.3. The molecule has 0 bridgehead atoms. The summed E-state index contributed by atoms with van der Waals surface area (Å²) in [6.07, 6.45) is 1.60. The predicted molar refractivity (Wildman–Crippen MR) is 100 cm³/mol. The molecule has 3 rings (SSSR count). The van der Waals surface area contributed by atoms with Crippen LogP contribution in [0.2, 0.25) is 0 Å². The SMILES string of the molecule is COc1cc(/C=C2\N=C(c3ccc(F)cc3)OC2=O)ccc1OCC(C)C. The number of cyclic esters (lactones) is 1. The van der Waals surface area contributed by atoms with Crippen molar-refractivity contribution in [2.24, 2.45) is 10.9 Å². The average Bonchev–Trinajstić information content (AvgIpc) is 3.01. The molecule has 0 N–H and O–H groups in total. The second-order valence-electron chi connectivity index (χ2n) is 6.46. The van der Waals surface area contributed by atoms with Crippen molar-refractivity contribution in [1.82, 2.24) is 0 Å². The zero-order valence-corrected chi connectivity index (χ0v) is 15.4. The summed E-state index contributed by atoms with van der Waals surface area (Å²) in [5.41, 5.74) is 1.41. The van der Waals surface area contributed by atoms with E-state index < -0.39 is 5.97 Å². The van der Waals surface area contributed by atoms with Crippen molar-refractivity contribution in [1.29, 1.82) is 0 Å². The first kappa shape index (κ1) is 18.6. The van der Waals surface area contributed by atoms with Gasteiger partial charge in [0.25, 0.3) is 0 Å². The molecule has 27 heavy (non-hydrogen) atoms. The van der Waals surface area contributed by atoms with Crippen molar-refractivity contribution in [3.8, 4) is 11.5 Å². The third-order valence-corrected chi connectivity index (χ3v) is 3.77. The van der Waals surface area contributed by atoms with Crippen LogP contribution in [-0.4, -0.2) is 25.6 Å². The van der Waals surface area contributed by atoms with Crippen LogP contribution < -0.4 is 9.47 Å². The third kappa shape index (κ3) is 4.53. The van der Waals surface area contributed by atoms with E-state index in [4.69, 9.17) is 14.2 Å². The number of nitrogens with zero attached hydrogens (tertiary/aromatic N) is 1. The molecule has 1 heterocycles. The fraction of sp³-hybridized carbons (Fsp3) is 0.238. The number of esters is 1. The van der Waals surface area contributed by atoms with E-state index in [1.807, 2.05) is 6.07 Å². The van der Waals surface area contributed by atoms with Crippen LogP contribution in [-0.2, 0) is 9.53 Å². The Labute approximate surface area is 157 Å². The smallest absolute Gasteiger partial charge is 0.363 e. The van der Waals surface area contributed by atoms with Crippen molar-refractivity contribution in [3.63, 3.8) is 0 Å². The predicted octanol–water partition coefficient (Wildman–Crippen LogP) is 4.21. The highest BCUT2D eigenvalue weighted by Crippen LogP contribution is 2.30. The Hall–Kier alpha value is -3.15. The number of carbonyl (C=O) groups is 1. The van der Waals surface area contributed by atoms with Crippen molar-refractivity contribution in [3.05, 3.63) is 65.1 Å². The van der Waals surface area contributed by atoms with Gasteiger partial charge >= 0.3 is 5.97 Å². The first-order valence-corrected chi connectivity index (χ1v) is 8.55. The van der Waals surface area contributed by atoms with E-state index in [0.717, 1.165) is 5.56 Å². The van der Waals surface area contributed by atoms with E-state index in [1.165, 1.54) is 24.3 Å². The van der Waals surface area contributed by atoms with Crippen LogP contribution in [0.15, 0.2) is 53.2 Å². The van der Waals surface area contributed by atoms with Crippen molar-refractivity contribution >= 4 is 17.9 Å². The number of hydrogen-bond donors (Lipinski definition) is 0. The van der Waals surface area contributed by atoms with Crippen molar-refractivity contribution in [2.45, 2.75) is 13.8 Å². The lowest BCUT2D eigenvalue weighted by atomic mass is 10.1. The Balaban J connectivity index is 1.85. The Kier molecular flexibility index (Phi) is 5.54. The van der Waals surface area contributed by atoms with E-state index >= 15 is 0 Å². The molecular formula is C21H20FNO4. The van der Waals surface area contributed by atoms with Gasteiger partial charge in [-0.2, -0.15) is 0 Å². The van der Waals surface area contributed by atoms with E-state index in [1.54, 1.807) is 25.3 Å². The maximum Gasteiger partial charge on any atom is 0.363 e. The van der Waals surface area contributed by atoms with Crippen LogP contribution in [0.3, 0.4) is 0 Å². The fourth-order valence-electron chi connectivity index (χ4n) is 2.43. The summed E-state index contributed by atoms with van der Waals surface area (Å²) in [5.74, 6) is 0.816. The second kappa shape index (κ2) is 8.03. The minimum Gasteiger partial charge on any atom is -0.493 e. The summed E-state index contributed by atoms with van der Waals surface area (Å²) in [5, 5.41) is 0. The van der Waals surface area contributed by atoms with E-state index in [9.17, 15) is 9.18 Å². The van der Waals surface area contributed by atoms with Crippen LogP contribution in [0.4, 0.5) is 4.39 Å². The van der Waals surface area contributed by atoms with Gasteiger partial charge in [0.05, 0.1) is 13.7 Å². The molecule has 0 aliphatic carbocycles. The Bertz CT molecular complexity index is 901. The maximum absolute atomic E-state index is 13.0. The summed E-state index contributed by atoms with van der Waals surface area (Å²) in [6.45, 7) is 4.70. The molecular weight excluding hydrogens is 349 g/mol. The molecule has 1 aliphatic rings. The molecule has 0 aromatic heterocycles. The zero-order valence-electron chi connectivity index (χ0n) is 15.4. The van der Waals surface area contributed by atoms with Crippen LogP contribution in [0.5, 0.6) is 11.5 Å². The molecule has 0 saturated carbocycles. The molecule has 0 unspecified atom stereocenters. The number of rotatable bonds is 6. The summed E-state index contributed by atoms with van der Waals surface area (Å²) < 4.78 is 29.3. The Morgan fingerprint density at radius 1 is 1.15 bits per heavy atom. The second-order valence-corrected chi connectivity index (χ2v) is 6.46. The molecule has 5 nitrogen and oxygen atoms in total. The number of carbonyl (C=O) groups excluding carboxylic acids is 1. The molecule has 6 heteroatoms. The quantitative estimate of drug-likeness (QED) is 0.565. The molecule has 0 spiro atoms. The van der Waals surface area contributed by atoms with Crippen LogP contribution in [0.1, 0.15) is 25.0 Å². The number of hydrogen-bond acceptors (Lipinski definition) is 5. The van der Waals surface area contributed by atoms with Crippen molar-refractivity contribution < 1.29 is 23.4 Å². The highest BCUT2D eigenvalue weighted by Gasteiger charge is 2.24. The molecule has 140 valence electrons. The monoisotopic (exact) mass is 369 g/mol. The normalized spacial score (nSPS) is 15.1. The van der Waals surface area contributed by atoms with Gasteiger partial charge in [-0.25, -0.2) is 14.2 Å². The molecule has 0 radical (unpaired) electrons. The molecule has 0 amide bonds. The van der Waals surface area contributed by atoms with Gasteiger partial charge in [-0.05, 0) is 54.0 Å². The minimum absolute atomic E-state index is 0.148. The lowest BCUT2D eigenvalue weighted by Crippen LogP contribution is -2.05.